The molecule has 0 spiro atoms. The number of carbonyl (C=O) groups is 2. The summed E-state index contributed by atoms with van der Waals surface area (Å²) in [6.07, 6.45) is 6.92. The fourth-order valence-corrected chi connectivity index (χ4v) is 4.93. The quantitative estimate of drug-likeness (QED) is 0.544. The van der Waals surface area contributed by atoms with Crippen molar-refractivity contribution in [3.05, 3.63) is 40.4 Å². The van der Waals surface area contributed by atoms with Gasteiger partial charge >= 0.3 is 0 Å². The number of nitrogens with one attached hydrogen (secondary N) is 1. The van der Waals surface area contributed by atoms with Crippen LogP contribution in [0, 0.1) is 0 Å². The molecule has 1 atom stereocenters. The van der Waals surface area contributed by atoms with Crippen molar-refractivity contribution in [3.8, 4) is 5.75 Å². The maximum Gasteiger partial charge on any atom is 0.257 e. The topological polar surface area (TPSA) is 71.5 Å². The van der Waals surface area contributed by atoms with E-state index >= 15 is 0 Å². The molecular formula is C24H33N3O3S. The summed E-state index contributed by atoms with van der Waals surface area (Å²) in [6.45, 7) is 5.93. The van der Waals surface area contributed by atoms with Crippen LogP contribution < -0.4 is 10.1 Å². The number of hydrogen-bond donors (Lipinski definition) is 1. The molecule has 0 radical (unpaired) electrons. The minimum atomic E-state index is -0.204. The third kappa shape index (κ3) is 5.85. The third-order valence-electron chi connectivity index (χ3n) is 5.70. The SMILES string of the molecule is CCCCN(CCCC)C(=O)C1CCCc2sc(NC(=O)c3ccc(OC)cc3)nc21. The first-order valence-corrected chi connectivity index (χ1v) is 12.1. The number of benzene rings is 1. The number of methoxy groups -OCH3 is 1. The average molecular weight is 444 g/mol. The van der Waals surface area contributed by atoms with Crippen molar-refractivity contribution in [2.24, 2.45) is 0 Å². The van der Waals surface area contributed by atoms with Gasteiger partial charge in [0, 0.05) is 23.5 Å². The third-order valence-corrected chi connectivity index (χ3v) is 6.75. The van der Waals surface area contributed by atoms with Crippen molar-refractivity contribution in [1.29, 1.82) is 0 Å². The Bertz CT molecular complexity index is 871. The van der Waals surface area contributed by atoms with E-state index in [1.807, 2.05) is 4.90 Å². The molecule has 31 heavy (non-hydrogen) atoms. The summed E-state index contributed by atoms with van der Waals surface area (Å²) >= 11 is 1.50. The van der Waals surface area contributed by atoms with Crippen LogP contribution in [0.4, 0.5) is 5.13 Å². The molecule has 1 aromatic heterocycles. The molecule has 1 unspecified atom stereocenters. The van der Waals surface area contributed by atoms with Crippen molar-refractivity contribution < 1.29 is 14.3 Å². The number of hydrogen-bond acceptors (Lipinski definition) is 5. The fraction of sp³-hybridized carbons (Fsp3) is 0.542. The molecule has 1 heterocycles. The van der Waals surface area contributed by atoms with Crippen molar-refractivity contribution in [2.45, 2.75) is 64.7 Å². The van der Waals surface area contributed by atoms with Crippen molar-refractivity contribution in [1.82, 2.24) is 9.88 Å². The van der Waals surface area contributed by atoms with Gasteiger partial charge in [-0.15, -0.1) is 11.3 Å². The number of amides is 2. The van der Waals surface area contributed by atoms with Gasteiger partial charge in [-0.2, -0.15) is 0 Å². The molecule has 0 aliphatic heterocycles. The first-order valence-electron chi connectivity index (χ1n) is 11.3. The Labute approximate surface area is 189 Å². The summed E-state index contributed by atoms with van der Waals surface area (Å²) in [5.41, 5.74) is 1.41. The number of fused-ring (bicyclic) bond motifs is 1. The van der Waals surface area contributed by atoms with Gasteiger partial charge in [0.15, 0.2) is 5.13 Å². The monoisotopic (exact) mass is 443 g/mol. The van der Waals surface area contributed by atoms with Gasteiger partial charge in [0.2, 0.25) is 5.91 Å². The van der Waals surface area contributed by atoms with Crippen molar-refractivity contribution >= 4 is 28.3 Å². The second-order valence-electron chi connectivity index (χ2n) is 7.99. The van der Waals surface area contributed by atoms with E-state index in [0.29, 0.717) is 16.4 Å². The largest absolute Gasteiger partial charge is 0.497 e. The summed E-state index contributed by atoms with van der Waals surface area (Å²) in [5.74, 6) is 0.504. The van der Waals surface area contributed by atoms with Gasteiger partial charge in [-0.25, -0.2) is 4.98 Å². The molecule has 168 valence electrons. The molecule has 1 aliphatic rings. The molecule has 2 aromatic rings. The lowest BCUT2D eigenvalue weighted by atomic mass is 9.89. The molecule has 2 amide bonds. The van der Waals surface area contributed by atoms with Gasteiger partial charge < -0.3 is 9.64 Å². The van der Waals surface area contributed by atoms with Crippen molar-refractivity contribution in [2.75, 3.05) is 25.5 Å². The molecular weight excluding hydrogens is 410 g/mol. The highest BCUT2D eigenvalue weighted by Crippen LogP contribution is 2.38. The normalized spacial score (nSPS) is 15.3. The second-order valence-corrected chi connectivity index (χ2v) is 9.07. The summed E-state index contributed by atoms with van der Waals surface area (Å²) in [4.78, 5) is 33.9. The smallest absolute Gasteiger partial charge is 0.257 e. The van der Waals surface area contributed by atoms with Gasteiger partial charge in [-0.05, 0) is 56.4 Å². The van der Waals surface area contributed by atoms with Crippen LogP contribution in [0.2, 0.25) is 0 Å². The van der Waals surface area contributed by atoms with E-state index in [0.717, 1.165) is 68.6 Å². The highest BCUT2D eigenvalue weighted by Gasteiger charge is 2.33. The minimum Gasteiger partial charge on any atom is -0.497 e. The Balaban J connectivity index is 1.74. The number of unbranched alkanes of at least 4 members (excludes halogenated alkanes) is 2. The fourth-order valence-electron chi connectivity index (χ4n) is 3.87. The van der Waals surface area contributed by atoms with Crippen LogP contribution in [0.5, 0.6) is 5.75 Å². The molecule has 1 aliphatic carbocycles. The predicted octanol–water partition coefficient (Wildman–Crippen LogP) is 5.25. The lowest BCUT2D eigenvalue weighted by molar-refractivity contribution is -0.133. The Morgan fingerprint density at radius 1 is 1.16 bits per heavy atom. The molecule has 0 saturated carbocycles. The van der Waals surface area contributed by atoms with E-state index in [9.17, 15) is 9.59 Å². The van der Waals surface area contributed by atoms with E-state index in [-0.39, 0.29) is 17.7 Å². The molecule has 0 fully saturated rings. The minimum absolute atomic E-state index is 0.194. The number of thiazole rings is 1. The summed E-state index contributed by atoms with van der Waals surface area (Å²) in [5, 5.41) is 3.48. The molecule has 3 rings (SSSR count). The Kier molecular flexibility index (Phi) is 8.46. The first-order chi connectivity index (χ1) is 15.1. The number of carbonyl (C=O) groups excluding carboxylic acids is 2. The number of anilines is 1. The highest BCUT2D eigenvalue weighted by molar-refractivity contribution is 7.16. The van der Waals surface area contributed by atoms with Crippen LogP contribution in [0.3, 0.4) is 0 Å². The first kappa shape index (κ1) is 23.3. The molecule has 6 nitrogen and oxygen atoms in total. The van der Waals surface area contributed by atoms with E-state index in [1.54, 1.807) is 31.4 Å². The van der Waals surface area contributed by atoms with Crippen LogP contribution in [-0.2, 0) is 11.2 Å². The summed E-state index contributed by atoms with van der Waals surface area (Å²) in [7, 11) is 1.60. The average Bonchev–Trinajstić information content (AvgIpc) is 3.21. The van der Waals surface area contributed by atoms with Gasteiger partial charge in [0.1, 0.15) is 5.75 Å². The zero-order valence-corrected chi connectivity index (χ0v) is 19.6. The van der Waals surface area contributed by atoms with Gasteiger partial charge in [-0.3, -0.25) is 14.9 Å². The van der Waals surface area contributed by atoms with Gasteiger partial charge in [-0.1, -0.05) is 26.7 Å². The lowest BCUT2D eigenvalue weighted by Crippen LogP contribution is -2.37. The number of aromatic nitrogens is 1. The molecule has 0 saturated heterocycles. The molecule has 1 aromatic carbocycles. The molecule has 0 bridgehead atoms. The van der Waals surface area contributed by atoms with Crippen LogP contribution in [0.25, 0.3) is 0 Å². The molecule has 1 N–H and O–H groups in total. The van der Waals surface area contributed by atoms with Crippen LogP contribution in [0.15, 0.2) is 24.3 Å². The number of ether oxygens (including phenoxy) is 1. The van der Waals surface area contributed by atoms with E-state index in [4.69, 9.17) is 9.72 Å². The maximum absolute atomic E-state index is 13.4. The standard InChI is InChI=1S/C24H33N3O3S/c1-4-6-15-27(16-7-5-2)23(29)19-9-8-10-20-21(19)25-24(31-20)26-22(28)17-11-13-18(30-3)14-12-17/h11-14,19H,4-10,15-16H2,1-3H3,(H,25,26,28). The Hall–Kier alpha value is -2.41. The number of nitrogens with zero attached hydrogens (tertiary/aromatic N) is 2. The highest BCUT2D eigenvalue weighted by atomic mass is 32.1. The second kappa shape index (κ2) is 11.3. The lowest BCUT2D eigenvalue weighted by Gasteiger charge is -2.29. The summed E-state index contributed by atoms with van der Waals surface area (Å²) < 4.78 is 5.15. The van der Waals surface area contributed by atoms with E-state index < -0.39 is 0 Å². The van der Waals surface area contributed by atoms with E-state index in [1.165, 1.54) is 11.3 Å². The zero-order valence-electron chi connectivity index (χ0n) is 18.8. The number of rotatable bonds is 10. The van der Waals surface area contributed by atoms with E-state index in [2.05, 4.69) is 19.2 Å². The van der Waals surface area contributed by atoms with Crippen LogP contribution in [-0.4, -0.2) is 41.9 Å². The Morgan fingerprint density at radius 3 is 2.45 bits per heavy atom. The Morgan fingerprint density at radius 2 is 1.84 bits per heavy atom. The molecule has 7 heteroatoms. The van der Waals surface area contributed by atoms with Gasteiger partial charge in [0.05, 0.1) is 18.7 Å². The van der Waals surface area contributed by atoms with Crippen molar-refractivity contribution in [3.63, 3.8) is 0 Å². The zero-order chi connectivity index (χ0) is 22.2. The van der Waals surface area contributed by atoms with Crippen LogP contribution in [0.1, 0.15) is 79.2 Å². The predicted molar refractivity (Wildman–Crippen MR) is 125 cm³/mol. The summed E-state index contributed by atoms with van der Waals surface area (Å²) in [6, 6.07) is 6.98. The number of aryl methyl sites for hydroxylation is 1. The van der Waals surface area contributed by atoms with Gasteiger partial charge in [0.25, 0.3) is 5.91 Å². The van der Waals surface area contributed by atoms with Crippen LogP contribution >= 0.6 is 11.3 Å². The maximum atomic E-state index is 13.4.